The maximum Gasteiger partial charge on any atom is 0.352 e. The maximum absolute atomic E-state index is 11.1. The van der Waals surface area contributed by atoms with Gasteiger partial charge >= 0.3 is 5.97 Å². The molecule has 0 radical (unpaired) electrons. The highest BCUT2D eigenvalue weighted by Gasteiger charge is 2.15. The van der Waals surface area contributed by atoms with Gasteiger partial charge in [-0.3, -0.25) is 0 Å². The summed E-state index contributed by atoms with van der Waals surface area (Å²) in [6.07, 6.45) is 0. The summed E-state index contributed by atoms with van der Waals surface area (Å²) in [5.41, 5.74) is 2.07. The van der Waals surface area contributed by atoms with Crippen LogP contribution in [0.3, 0.4) is 0 Å². The number of benzene rings is 1. The number of aromatic nitrogens is 1. The molecule has 1 aromatic carbocycles. The number of aromatic carboxylic acids is 1. The molecule has 2 aromatic rings. The summed E-state index contributed by atoms with van der Waals surface area (Å²) in [5.74, 6) is -0.923. The van der Waals surface area contributed by atoms with Gasteiger partial charge in [-0.2, -0.15) is 0 Å². The van der Waals surface area contributed by atoms with E-state index in [9.17, 15) is 4.79 Å². The molecule has 5 heteroatoms. The zero-order chi connectivity index (χ0) is 13.3. The first-order valence-electron chi connectivity index (χ1n) is 5.42. The Morgan fingerprint density at radius 1 is 1.39 bits per heavy atom. The largest absolute Gasteiger partial charge is 0.477 e. The molecule has 0 spiro atoms. The summed E-state index contributed by atoms with van der Waals surface area (Å²) >= 11 is 9.35. The van der Waals surface area contributed by atoms with Gasteiger partial charge in [-0.15, -0.1) is 0 Å². The third-order valence-electron chi connectivity index (χ3n) is 2.72. The summed E-state index contributed by atoms with van der Waals surface area (Å²) < 4.78 is 2.61. The molecule has 1 N–H and O–H groups in total. The van der Waals surface area contributed by atoms with E-state index in [4.69, 9.17) is 16.7 Å². The van der Waals surface area contributed by atoms with Gasteiger partial charge in [-0.05, 0) is 31.2 Å². The van der Waals surface area contributed by atoms with Crippen LogP contribution >= 0.6 is 27.5 Å². The number of carbonyl (C=O) groups is 1. The van der Waals surface area contributed by atoms with E-state index in [0.29, 0.717) is 11.6 Å². The van der Waals surface area contributed by atoms with Crippen molar-refractivity contribution in [1.29, 1.82) is 0 Å². The van der Waals surface area contributed by atoms with Crippen molar-refractivity contribution >= 4 is 33.5 Å². The zero-order valence-electron chi connectivity index (χ0n) is 9.65. The molecule has 0 saturated heterocycles. The molecule has 0 aliphatic heterocycles. The van der Waals surface area contributed by atoms with Crippen LogP contribution in [0.15, 0.2) is 34.8 Å². The van der Waals surface area contributed by atoms with Crippen LogP contribution in [0, 0.1) is 0 Å². The molecule has 0 amide bonds. The van der Waals surface area contributed by atoms with E-state index < -0.39 is 5.97 Å². The van der Waals surface area contributed by atoms with E-state index in [-0.39, 0.29) is 5.69 Å². The molecule has 1 aromatic heterocycles. The lowest BCUT2D eigenvalue weighted by Gasteiger charge is -2.10. The van der Waals surface area contributed by atoms with Crippen molar-refractivity contribution in [3.63, 3.8) is 0 Å². The fraction of sp³-hybridized carbons (Fsp3) is 0.154. The third-order valence-corrected chi connectivity index (χ3v) is 3.61. The van der Waals surface area contributed by atoms with Gasteiger partial charge in [-0.1, -0.05) is 33.6 Å². The molecule has 0 aliphatic rings. The standard InChI is InChI=1S/C13H11BrClNO2/c1-2-16-11(5-6-12(16)13(17)18)9-4-3-8(15)7-10(9)14/h3-7H,2H2,1H3,(H,17,18). The Hall–Kier alpha value is -1.26. The summed E-state index contributed by atoms with van der Waals surface area (Å²) in [7, 11) is 0. The fourth-order valence-corrected chi connectivity index (χ4v) is 2.81. The van der Waals surface area contributed by atoms with E-state index in [1.165, 1.54) is 0 Å². The van der Waals surface area contributed by atoms with Crippen molar-refractivity contribution in [3.05, 3.63) is 45.5 Å². The van der Waals surface area contributed by atoms with Gasteiger partial charge in [0.1, 0.15) is 5.69 Å². The molecule has 0 saturated carbocycles. The summed E-state index contributed by atoms with van der Waals surface area (Å²) in [4.78, 5) is 11.1. The van der Waals surface area contributed by atoms with E-state index >= 15 is 0 Å². The summed E-state index contributed by atoms with van der Waals surface area (Å²) in [6, 6.07) is 8.88. The van der Waals surface area contributed by atoms with Crippen LogP contribution in [0.1, 0.15) is 17.4 Å². The smallest absolute Gasteiger partial charge is 0.352 e. The minimum absolute atomic E-state index is 0.286. The fourth-order valence-electron chi connectivity index (χ4n) is 1.93. The minimum atomic E-state index is -0.923. The number of carboxylic acids is 1. The quantitative estimate of drug-likeness (QED) is 0.913. The maximum atomic E-state index is 11.1. The first kappa shape index (κ1) is 13.2. The monoisotopic (exact) mass is 327 g/mol. The second-order valence-electron chi connectivity index (χ2n) is 3.78. The van der Waals surface area contributed by atoms with E-state index in [1.54, 1.807) is 28.8 Å². The van der Waals surface area contributed by atoms with Crippen molar-refractivity contribution in [1.82, 2.24) is 4.57 Å². The molecule has 18 heavy (non-hydrogen) atoms. The molecule has 3 nitrogen and oxygen atoms in total. The third kappa shape index (κ3) is 2.31. The molecule has 1 heterocycles. The molecule has 0 aliphatic carbocycles. The first-order valence-corrected chi connectivity index (χ1v) is 6.60. The van der Waals surface area contributed by atoms with Crippen LogP contribution in [-0.2, 0) is 6.54 Å². The lowest BCUT2D eigenvalue weighted by Crippen LogP contribution is -2.08. The molecular formula is C13H11BrClNO2. The highest BCUT2D eigenvalue weighted by Crippen LogP contribution is 2.32. The molecular weight excluding hydrogens is 318 g/mol. The Kier molecular flexibility index (Phi) is 3.78. The highest BCUT2D eigenvalue weighted by atomic mass is 79.9. The van der Waals surface area contributed by atoms with Crippen LogP contribution in [0.5, 0.6) is 0 Å². The van der Waals surface area contributed by atoms with Crippen molar-refractivity contribution < 1.29 is 9.90 Å². The van der Waals surface area contributed by atoms with Crippen LogP contribution in [0.4, 0.5) is 0 Å². The van der Waals surface area contributed by atoms with Gasteiger partial charge in [0.25, 0.3) is 0 Å². The zero-order valence-corrected chi connectivity index (χ0v) is 12.0. The first-order chi connectivity index (χ1) is 8.54. The lowest BCUT2D eigenvalue weighted by atomic mass is 10.1. The van der Waals surface area contributed by atoms with Crippen molar-refractivity contribution in [2.45, 2.75) is 13.5 Å². The highest BCUT2D eigenvalue weighted by molar-refractivity contribution is 9.10. The van der Waals surface area contributed by atoms with Gasteiger partial charge in [0.2, 0.25) is 0 Å². The Labute approximate surface area is 118 Å². The molecule has 0 fully saturated rings. The average molecular weight is 329 g/mol. The number of rotatable bonds is 3. The molecule has 0 atom stereocenters. The molecule has 0 bridgehead atoms. The van der Waals surface area contributed by atoms with Gasteiger partial charge < -0.3 is 9.67 Å². The number of hydrogen-bond acceptors (Lipinski definition) is 1. The molecule has 2 rings (SSSR count). The van der Waals surface area contributed by atoms with E-state index in [0.717, 1.165) is 15.7 Å². The normalized spacial score (nSPS) is 10.6. The van der Waals surface area contributed by atoms with Crippen molar-refractivity contribution in [2.24, 2.45) is 0 Å². The van der Waals surface area contributed by atoms with Crippen LogP contribution < -0.4 is 0 Å². The van der Waals surface area contributed by atoms with Gasteiger partial charge in [0.05, 0.1) is 0 Å². The molecule has 94 valence electrons. The van der Waals surface area contributed by atoms with Crippen LogP contribution in [0.2, 0.25) is 5.02 Å². The number of halogens is 2. The second kappa shape index (κ2) is 5.16. The summed E-state index contributed by atoms with van der Waals surface area (Å²) in [6.45, 7) is 2.51. The average Bonchev–Trinajstić information content (AvgIpc) is 2.72. The van der Waals surface area contributed by atoms with E-state index in [1.807, 2.05) is 13.0 Å². The topological polar surface area (TPSA) is 42.2 Å². The lowest BCUT2D eigenvalue weighted by molar-refractivity contribution is 0.0685. The summed E-state index contributed by atoms with van der Waals surface area (Å²) in [5, 5.41) is 9.75. The van der Waals surface area contributed by atoms with Crippen molar-refractivity contribution in [3.8, 4) is 11.3 Å². The predicted octanol–water partition coefficient (Wildman–Crippen LogP) is 4.29. The SMILES string of the molecule is CCn1c(C(=O)O)ccc1-c1ccc(Cl)cc1Br. The molecule has 0 unspecified atom stereocenters. The second-order valence-corrected chi connectivity index (χ2v) is 5.07. The van der Waals surface area contributed by atoms with E-state index in [2.05, 4.69) is 15.9 Å². The Bertz CT molecular complexity index is 607. The number of carboxylic acid groups (broad SMARTS) is 1. The Morgan fingerprint density at radius 2 is 2.11 bits per heavy atom. The Balaban J connectivity index is 2.60. The predicted molar refractivity (Wildman–Crippen MR) is 75.2 cm³/mol. The number of nitrogens with zero attached hydrogens (tertiary/aromatic N) is 1. The Morgan fingerprint density at radius 3 is 2.67 bits per heavy atom. The van der Waals surface area contributed by atoms with Gasteiger partial charge in [0, 0.05) is 27.3 Å². The number of hydrogen-bond donors (Lipinski definition) is 1. The van der Waals surface area contributed by atoms with Crippen LogP contribution in [-0.4, -0.2) is 15.6 Å². The minimum Gasteiger partial charge on any atom is -0.477 e. The van der Waals surface area contributed by atoms with Gasteiger partial charge in [-0.25, -0.2) is 4.79 Å². The van der Waals surface area contributed by atoms with Crippen molar-refractivity contribution in [2.75, 3.05) is 0 Å². The van der Waals surface area contributed by atoms with Gasteiger partial charge in [0.15, 0.2) is 0 Å². The van der Waals surface area contributed by atoms with Crippen LogP contribution in [0.25, 0.3) is 11.3 Å².